The standard InChI is InChI=1S/C25H35N3O4/c1-27-13-14-28(21(18-27)20-9-6-5-7-10-20)12-8-11-26-24(29)17-19-15-22(30-2)25(32-4)23(16-19)31-3/h5-7,9-10,15-16,21H,8,11-14,17-18H2,1-4H3,(H,26,29)/t21-/m0/s1. The Morgan fingerprint density at radius 2 is 1.72 bits per heavy atom. The van der Waals surface area contributed by atoms with E-state index in [-0.39, 0.29) is 12.3 Å². The van der Waals surface area contributed by atoms with Crippen molar-refractivity contribution in [3.05, 3.63) is 53.6 Å². The summed E-state index contributed by atoms with van der Waals surface area (Å²) in [5, 5.41) is 3.05. The molecule has 1 fully saturated rings. The summed E-state index contributed by atoms with van der Waals surface area (Å²) in [4.78, 5) is 17.4. The molecule has 32 heavy (non-hydrogen) atoms. The SMILES string of the molecule is COc1cc(CC(=O)NCCCN2CCN(C)C[C@H]2c2ccccc2)cc(OC)c1OC. The van der Waals surface area contributed by atoms with Gasteiger partial charge in [-0.05, 0) is 36.7 Å². The fourth-order valence-corrected chi connectivity index (χ4v) is 4.21. The maximum atomic E-state index is 12.5. The average molecular weight is 442 g/mol. The molecule has 7 nitrogen and oxygen atoms in total. The monoisotopic (exact) mass is 441 g/mol. The number of carbonyl (C=O) groups excluding carboxylic acids is 1. The molecule has 0 radical (unpaired) electrons. The Bertz CT molecular complexity index is 850. The van der Waals surface area contributed by atoms with Crippen LogP contribution in [0.3, 0.4) is 0 Å². The predicted molar refractivity (Wildman–Crippen MR) is 126 cm³/mol. The topological polar surface area (TPSA) is 63.3 Å². The molecule has 0 unspecified atom stereocenters. The summed E-state index contributed by atoms with van der Waals surface area (Å²) in [7, 11) is 6.89. The lowest BCUT2D eigenvalue weighted by Gasteiger charge is -2.40. The van der Waals surface area contributed by atoms with Crippen LogP contribution in [-0.2, 0) is 11.2 Å². The Kier molecular flexibility index (Phi) is 8.76. The second-order valence-electron chi connectivity index (χ2n) is 8.14. The van der Waals surface area contributed by atoms with Crippen LogP contribution >= 0.6 is 0 Å². The lowest BCUT2D eigenvalue weighted by atomic mass is 10.0. The third-order valence-corrected chi connectivity index (χ3v) is 5.91. The number of piperazine rings is 1. The molecule has 1 N–H and O–H groups in total. The number of hydrogen-bond acceptors (Lipinski definition) is 6. The number of benzene rings is 2. The molecule has 1 saturated heterocycles. The third kappa shape index (κ3) is 6.14. The fraction of sp³-hybridized carbons (Fsp3) is 0.480. The van der Waals surface area contributed by atoms with Gasteiger partial charge in [0.1, 0.15) is 0 Å². The summed E-state index contributed by atoms with van der Waals surface area (Å²) in [6.07, 6.45) is 1.17. The van der Waals surface area contributed by atoms with Crippen molar-refractivity contribution < 1.29 is 19.0 Å². The zero-order chi connectivity index (χ0) is 22.9. The number of methoxy groups -OCH3 is 3. The van der Waals surface area contributed by atoms with Crippen molar-refractivity contribution in [3.63, 3.8) is 0 Å². The smallest absolute Gasteiger partial charge is 0.224 e. The molecule has 0 saturated carbocycles. The quantitative estimate of drug-likeness (QED) is 0.572. The molecule has 2 aromatic rings. The van der Waals surface area contributed by atoms with Gasteiger partial charge in [-0.2, -0.15) is 0 Å². The van der Waals surface area contributed by atoms with E-state index in [9.17, 15) is 4.79 Å². The second-order valence-corrected chi connectivity index (χ2v) is 8.14. The number of nitrogens with one attached hydrogen (secondary N) is 1. The van der Waals surface area contributed by atoms with Gasteiger partial charge >= 0.3 is 0 Å². The molecule has 0 aromatic heterocycles. The molecule has 1 aliphatic heterocycles. The van der Waals surface area contributed by atoms with Gasteiger partial charge in [0.15, 0.2) is 11.5 Å². The molecule has 1 amide bonds. The van der Waals surface area contributed by atoms with Gasteiger partial charge in [-0.15, -0.1) is 0 Å². The molecule has 3 rings (SSSR count). The molecular formula is C25H35N3O4. The Morgan fingerprint density at radius 1 is 1.03 bits per heavy atom. The first kappa shape index (κ1) is 23.9. The highest BCUT2D eigenvalue weighted by Gasteiger charge is 2.26. The highest BCUT2D eigenvalue weighted by molar-refractivity contribution is 5.79. The molecule has 1 heterocycles. The van der Waals surface area contributed by atoms with Crippen LogP contribution in [0.1, 0.15) is 23.6 Å². The van der Waals surface area contributed by atoms with E-state index >= 15 is 0 Å². The lowest BCUT2D eigenvalue weighted by molar-refractivity contribution is -0.120. The van der Waals surface area contributed by atoms with Crippen LogP contribution in [0.25, 0.3) is 0 Å². The molecule has 1 atom stereocenters. The zero-order valence-corrected chi connectivity index (χ0v) is 19.6. The van der Waals surface area contributed by atoms with Gasteiger partial charge in [-0.1, -0.05) is 30.3 Å². The molecule has 0 bridgehead atoms. The summed E-state index contributed by atoms with van der Waals surface area (Å²) in [5.41, 5.74) is 2.17. The van der Waals surface area contributed by atoms with Crippen molar-refractivity contribution in [2.75, 3.05) is 61.1 Å². The van der Waals surface area contributed by atoms with E-state index in [0.29, 0.717) is 29.8 Å². The number of ether oxygens (including phenoxy) is 3. The van der Waals surface area contributed by atoms with Gasteiger partial charge < -0.3 is 24.4 Å². The van der Waals surface area contributed by atoms with Crippen LogP contribution in [0.5, 0.6) is 17.2 Å². The van der Waals surface area contributed by atoms with Crippen molar-refractivity contribution in [2.45, 2.75) is 18.9 Å². The van der Waals surface area contributed by atoms with Crippen LogP contribution < -0.4 is 19.5 Å². The van der Waals surface area contributed by atoms with Crippen molar-refractivity contribution in [1.29, 1.82) is 0 Å². The van der Waals surface area contributed by atoms with Gasteiger partial charge in [0, 0.05) is 38.8 Å². The van der Waals surface area contributed by atoms with E-state index < -0.39 is 0 Å². The number of rotatable bonds is 10. The number of nitrogens with zero attached hydrogens (tertiary/aromatic N) is 2. The number of amides is 1. The minimum Gasteiger partial charge on any atom is -0.493 e. The summed E-state index contributed by atoms with van der Waals surface area (Å²) in [6, 6.07) is 14.7. The average Bonchev–Trinajstić information content (AvgIpc) is 2.82. The minimum absolute atomic E-state index is 0.0164. The first-order valence-electron chi connectivity index (χ1n) is 11.1. The summed E-state index contributed by atoms with van der Waals surface area (Å²) in [6.45, 7) is 4.73. The van der Waals surface area contributed by atoms with Crippen LogP contribution in [0.2, 0.25) is 0 Å². The first-order chi connectivity index (χ1) is 15.5. The van der Waals surface area contributed by atoms with Crippen molar-refractivity contribution in [3.8, 4) is 17.2 Å². The van der Waals surface area contributed by atoms with Crippen LogP contribution in [0, 0.1) is 0 Å². The van der Waals surface area contributed by atoms with Gasteiger partial charge in [-0.3, -0.25) is 9.69 Å². The summed E-state index contributed by atoms with van der Waals surface area (Å²) < 4.78 is 16.1. The molecule has 1 aliphatic rings. The molecular weight excluding hydrogens is 406 g/mol. The second kappa shape index (κ2) is 11.7. The maximum Gasteiger partial charge on any atom is 0.224 e. The lowest BCUT2D eigenvalue weighted by Crippen LogP contribution is -2.47. The highest BCUT2D eigenvalue weighted by atomic mass is 16.5. The summed E-state index contributed by atoms with van der Waals surface area (Å²) in [5.74, 6) is 1.62. The largest absolute Gasteiger partial charge is 0.493 e. The Balaban J connectivity index is 1.50. The Morgan fingerprint density at radius 3 is 2.34 bits per heavy atom. The number of hydrogen-bond donors (Lipinski definition) is 1. The van der Waals surface area contributed by atoms with Gasteiger partial charge in [0.05, 0.1) is 27.8 Å². The third-order valence-electron chi connectivity index (χ3n) is 5.91. The van der Waals surface area contributed by atoms with Crippen LogP contribution in [0.15, 0.2) is 42.5 Å². The van der Waals surface area contributed by atoms with Gasteiger partial charge in [0.2, 0.25) is 11.7 Å². The van der Waals surface area contributed by atoms with E-state index in [1.165, 1.54) is 5.56 Å². The maximum absolute atomic E-state index is 12.5. The van der Waals surface area contributed by atoms with E-state index in [0.717, 1.165) is 38.2 Å². The van der Waals surface area contributed by atoms with Crippen molar-refractivity contribution >= 4 is 5.91 Å². The molecule has 7 heteroatoms. The van der Waals surface area contributed by atoms with E-state index in [1.807, 2.05) is 12.1 Å². The normalized spacial score (nSPS) is 17.1. The molecule has 174 valence electrons. The van der Waals surface area contributed by atoms with Crippen molar-refractivity contribution in [1.82, 2.24) is 15.1 Å². The summed E-state index contributed by atoms with van der Waals surface area (Å²) >= 11 is 0. The van der Waals surface area contributed by atoms with E-state index in [4.69, 9.17) is 14.2 Å². The highest BCUT2D eigenvalue weighted by Crippen LogP contribution is 2.38. The Hall–Kier alpha value is -2.77. The van der Waals surface area contributed by atoms with Crippen LogP contribution in [-0.4, -0.2) is 76.8 Å². The van der Waals surface area contributed by atoms with Gasteiger partial charge in [-0.25, -0.2) is 0 Å². The van der Waals surface area contributed by atoms with Crippen molar-refractivity contribution in [2.24, 2.45) is 0 Å². The van der Waals surface area contributed by atoms with E-state index in [2.05, 4.69) is 52.5 Å². The number of carbonyl (C=O) groups is 1. The molecule has 0 spiro atoms. The zero-order valence-electron chi connectivity index (χ0n) is 19.6. The number of likely N-dealkylation sites (N-methyl/N-ethyl adjacent to an activating group) is 1. The first-order valence-corrected chi connectivity index (χ1v) is 11.1. The molecule has 0 aliphatic carbocycles. The van der Waals surface area contributed by atoms with Crippen LogP contribution in [0.4, 0.5) is 0 Å². The Labute approximate surface area is 191 Å². The predicted octanol–water partition coefficient (Wildman–Crippen LogP) is 2.75. The van der Waals surface area contributed by atoms with E-state index in [1.54, 1.807) is 21.3 Å². The van der Waals surface area contributed by atoms with Gasteiger partial charge in [0.25, 0.3) is 0 Å². The fourth-order valence-electron chi connectivity index (χ4n) is 4.21. The molecule has 2 aromatic carbocycles. The minimum atomic E-state index is -0.0164.